The summed E-state index contributed by atoms with van der Waals surface area (Å²) in [6.45, 7) is 0. The molecular weight excluding hydrogens is 423 g/mol. The van der Waals surface area contributed by atoms with E-state index in [1.165, 1.54) is 0 Å². The Morgan fingerprint density at radius 3 is 1.67 bits per heavy atom. The van der Waals surface area contributed by atoms with Crippen molar-refractivity contribution in [2.24, 2.45) is 0 Å². The largest absolute Gasteiger partial charge is 0.496 e. The predicted octanol–water partition coefficient (Wildman–Crippen LogP) is 4.98. The standard InChI is InChI=1S/C23H24ClO5P/c1-25-15-13-19(28-4)23(20(14-15)29-5)30(24)21-12-7-6-9-16(21)22-17(26-2)10-8-11-18(22)27-3/h6-14H,1-5H3. The SMILES string of the molecule is COc1cc(OC)c(P(Cl)c2ccccc2-c2c(OC)cccc2OC)c(OC)c1. The van der Waals surface area contributed by atoms with Crippen molar-refractivity contribution in [2.75, 3.05) is 35.5 Å². The van der Waals surface area contributed by atoms with Gasteiger partial charge in [-0.05, 0) is 17.7 Å². The monoisotopic (exact) mass is 446 g/mol. The summed E-state index contributed by atoms with van der Waals surface area (Å²) in [7, 11) is 6.72. The molecule has 7 heteroatoms. The highest BCUT2D eigenvalue weighted by molar-refractivity contribution is 7.96. The van der Waals surface area contributed by atoms with Gasteiger partial charge < -0.3 is 23.7 Å². The molecule has 0 amide bonds. The Morgan fingerprint density at radius 2 is 1.17 bits per heavy atom. The Bertz CT molecular complexity index is 977. The molecule has 0 aromatic heterocycles. The van der Waals surface area contributed by atoms with Gasteiger partial charge in [0, 0.05) is 17.4 Å². The molecule has 5 nitrogen and oxygen atoms in total. The van der Waals surface area contributed by atoms with Gasteiger partial charge in [-0.1, -0.05) is 41.6 Å². The summed E-state index contributed by atoms with van der Waals surface area (Å²) in [5, 5.41) is 1.71. The lowest BCUT2D eigenvalue weighted by molar-refractivity contribution is 0.380. The van der Waals surface area contributed by atoms with Gasteiger partial charge in [0.2, 0.25) is 0 Å². The Hall–Kier alpha value is -2.62. The number of halogens is 1. The van der Waals surface area contributed by atoms with Crippen LogP contribution < -0.4 is 34.3 Å². The van der Waals surface area contributed by atoms with Crippen molar-refractivity contribution in [1.29, 1.82) is 0 Å². The van der Waals surface area contributed by atoms with Crippen LogP contribution in [0.25, 0.3) is 11.1 Å². The molecule has 0 aliphatic rings. The number of hydrogen-bond acceptors (Lipinski definition) is 5. The van der Waals surface area contributed by atoms with E-state index >= 15 is 0 Å². The summed E-state index contributed by atoms with van der Waals surface area (Å²) in [6, 6.07) is 17.2. The van der Waals surface area contributed by atoms with Crippen LogP contribution in [0.4, 0.5) is 0 Å². The fourth-order valence-corrected chi connectivity index (χ4v) is 5.77. The van der Waals surface area contributed by atoms with E-state index < -0.39 is 7.27 Å². The fraction of sp³-hybridized carbons (Fsp3) is 0.217. The van der Waals surface area contributed by atoms with E-state index in [1.807, 2.05) is 54.6 Å². The number of methoxy groups -OCH3 is 5. The molecule has 0 fully saturated rings. The molecule has 0 saturated carbocycles. The molecule has 3 aromatic rings. The van der Waals surface area contributed by atoms with Crippen molar-refractivity contribution in [3.05, 3.63) is 54.6 Å². The lowest BCUT2D eigenvalue weighted by Gasteiger charge is -2.22. The van der Waals surface area contributed by atoms with E-state index in [1.54, 1.807) is 35.5 Å². The minimum Gasteiger partial charge on any atom is -0.496 e. The predicted molar refractivity (Wildman–Crippen MR) is 123 cm³/mol. The van der Waals surface area contributed by atoms with Gasteiger partial charge in [-0.25, -0.2) is 0 Å². The van der Waals surface area contributed by atoms with Crippen LogP contribution in [0, 0.1) is 0 Å². The van der Waals surface area contributed by atoms with Crippen LogP contribution in [0.3, 0.4) is 0 Å². The molecule has 0 bridgehead atoms. The molecule has 0 spiro atoms. The molecule has 158 valence electrons. The summed E-state index contributed by atoms with van der Waals surface area (Å²) in [4.78, 5) is 0. The highest BCUT2D eigenvalue weighted by Crippen LogP contribution is 2.50. The van der Waals surface area contributed by atoms with Crippen molar-refractivity contribution in [3.8, 4) is 39.9 Å². The molecule has 1 atom stereocenters. The van der Waals surface area contributed by atoms with Gasteiger partial charge in [-0.2, -0.15) is 0 Å². The second kappa shape index (κ2) is 9.92. The first-order chi connectivity index (χ1) is 14.6. The van der Waals surface area contributed by atoms with Gasteiger partial charge in [0.1, 0.15) is 28.7 Å². The summed E-state index contributed by atoms with van der Waals surface area (Å²) >= 11 is 7.12. The fourth-order valence-electron chi connectivity index (χ4n) is 3.27. The van der Waals surface area contributed by atoms with Gasteiger partial charge in [-0.3, -0.25) is 0 Å². The first-order valence-corrected chi connectivity index (χ1v) is 11.4. The molecule has 0 aliphatic carbocycles. The van der Waals surface area contributed by atoms with Crippen LogP contribution in [0.1, 0.15) is 0 Å². The third-order valence-electron chi connectivity index (χ3n) is 4.70. The van der Waals surface area contributed by atoms with E-state index in [9.17, 15) is 0 Å². The maximum Gasteiger partial charge on any atom is 0.135 e. The van der Waals surface area contributed by atoms with Gasteiger partial charge in [0.15, 0.2) is 0 Å². The van der Waals surface area contributed by atoms with Gasteiger partial charge in [0.05, 0.1) is 53.7 Å². The van der Waals surface area contributed by atoms with Crippen LogP contribution in [0.15, 0.2) is 54.6 Å². The lowest BCUT2D eigenvalue weighted by Crippen LogP contribution is -2.16. The Kier molecular flexibility index (Phi) is 7.30. The van der Waals surface area contributed by atoms with E-state index in [0.717, 1.165) is 21.7 Å². The summed E-state index contributed by atoms with van der Waals surface area (Å²) in [5.74, 6) is 3.25. The van der Waals surface area contributed by atoms with Crippen molar-refractivity contribution >= 4 is 29.1 Å². The number of hydrogen-bond donors (Lipinski definition) is 0. The van der Waals surface area contributed by atoms with E-state index in [0.29, 0.717) is 28.7 Å². The summed E-state index contributed by atoms with van der Waals surface area (Å²) in [6.07, 6.45) is 0. The molecular formula is C23H24ClO5P. The molecule has 3 aromatic carbocycles. The van der Waals surface area contributed by atoms with E-state index in [-0.39, 0.29) is 0 Å². The average Bonchev–Trinajstić information content (AvgIpc) is 2.81. The molecule has 1 unspecified atom stereocenters. The van der Waals surface area contributed by atoms with Crippen LogP contribution in [-0.2, 0) is 0 Å². The maximum absolute atomic E-state index is 7.12. The maximum atomic E-state index is 7.12. The smallest absolute Gasteiger partial charge is 0.135 e. The van der Waals surface area contributed by atoms with Crippen molar-refractivity contribution in [3.63, 3.8) is 0 Å². The van der Waals surface area contributed by atoms with Gasteiger partial charge >= 0.3 is 0 Å². The summed E-state index contributed by atoms with van der Waals surface area (Å²) in [5.41, 5.74) is 1.77. The first kappa shape index (κ1) is 22.1. The normalized spacial score (nSPS) is 11.5. The van der Waals surface area contributed by atoms with Crippen LogP contribution in [0.5, 0.6) is 28.7 Å². The quantitative estimate of drug-likeness (QED) is 0.456. The Morgan fingerprint density at radius 1 is 0.633 bits per heavy atom. The minimum atomic E-state index is -1.37. The van der Waals surface area contributed by atoms with Crippen LogP contribution >= 0.6 is 18.5 Å². The van der Waals surface area contributed by atoms with E-state index in [4.69, 9.17) is 34.9 Å². The van der Waals surface area contributed by atoms with Crippen LogP contribution in [-0.4, -0.2) is 35.5 Å². The first-order valence-electron chi connectivity index (χ1n) is 9.15. The molecule has 0 N–H and O–H groups in total. The third kappa shape index (κ3) is 4.14. The highest BCUT2D eigenvalue weighted by Gasteiger charge is 2.26. The minimum absolute atomic E-state index is 0.606. The van der Waals surface area contributed by atoms with E-state index in [2.05, 4.69) is 0 Å². The zero-order chi connectivity index (χ0) is 21.7. The molecule has 30 heavy (non-hydrogen) atoms. The number of rotatable bonds is 8. The highest BCUT2D eigenvalue weighted by atomic mass is 35.7. The zero-order valence-electron chi connectivity index (χ0n) is 17.6. The second-order valence-electron chi connectivity index (χ2n) is 6.22. The topological polar surface area (TPSA) is 46.2 Å². The molecule has 3 rings (SSSR count). The zero-order valence-corrected chi connectivity index (χ0v) is 19.2. The second-order valence-corrected chi connectivity index (χ2v) is 8.72. The summed E-state index contributed by atoms with van der Waals surface area (Å²) < 4.78 is 27.9. The average molecular weight is 447 g/mol. The van der Waals surface area contributed by atoms with Gasteiger partial charge in [0.25, 0.3) is 0 Å². The van der Waals surface area contributed by atoms with Gasteiger partial charge in [-0.15, -0.1) is 0 Å². The lowest BCUT2D eigenvalue weighted by atomic mass is 10.0. The molecule has 0 aliphatic heterocycles. The number of benzene rings is 3. The van der Waals surface area contributed by atoms with Crippen molar-refractivity contribution < 1.29 is 23.7 Å². The van der Waals surface area contributed by atoms with Crippen LogP contribution in [0.2, 0.25) is 0 Å². The molecule has 0 heterocycles. The molecule has 0 radical (unpaired) electrons. The Labute approximate surface area is 183 Å². The third-order valence-corrected chi connectivity index (χ3v) is 7.40. The molecule has 0 saturated heterocycles. The Balaban J connectivity index is 2.24. The van der Waals surface area contributed by atoms with Crippen molar-refractivity contribution in [1.82, 2.24) is 0 Å². The van der Waals surface area contributed by atoms with Crippen molar-refractivity contribution in [2.45, 2.75) is 0 Å². The number of ether oxygens (including phenoxy) is 5.